The van der Waals surface area contributed by atoms with E-state index < -0.39 is 5.97 Å². The van der Waals surface area contributed by atoms with Crippen LogP contribution in [0, 0.1) is 6.92 Å². The molecule has 2 rings (SSSR count). The number of nitrogens with one attached hydrogen (secondary N) is 1. The van der Waals surface area contributed by atoms with Crippen LogP contribution in [0.3, 0.4) is 0 Å². The quantitative estimate of drug-likeness (QED) is 0.902. The van der Waals surface area contributed by atoms with E-state index in [0.29, 0.717) is 20.6 Å². The van der Waals surface area contributed by atoms with Crippen molar-refractivity contribution in [2.75, 3.05) is 5.32 Å². The van der Waals surface area contributed by atoms with Gasteiger partial charge in [-0.1, -0.05) is 6.07 Å². The van der Waals surface area contributed by atoms with Crippen LogP contribution >= 0.6 is 22.7 Å². The molecule has 0 unspecified atom stereocenters. The molecule has 5 nitrogen and oxygen atoms in total. The van der Waals surface area contributed by atoms with Crippen molar-refractivity contribution >= 4 is 39.7 Å². The van der Waals surface area contributed by atoms with E-state index in [4.69, 9.17) is 5.11 Å². The predicted molar refractivity (Wildman–Crippen MR) is 70.5 cm³/mol. The number of anilines is 1. The molecule has 0 radical (unpaired) electrons. The highest BCUT2D eigenvalue weighted by molar-refractivity contribution is 7.16. The standard InChI is InChI=1S/C11H10N2O3S2/c1-6-8(5-9(14)15)18-11(12-6)13-10(16)7-3-2-4-17-7/h2-4H,5H2,1H3,(H,14,15)(H,12,13,16). The smallest absolute Gasteiger partial charge is 0.308 e. The number of aryl methyl sites for hydroxylation is 1. The van der Waals surface area contributed by atoms with E-state index >= 15 is 0 Å². The van der Waals surface area contributed by atoms with Crippen LogP contribution in [-0.4, -0.2) is 22.0 Å². The molecule has 18 heavy (non-hydrogen) atoms. The van der Waals surface area contributed by atoms with E-state index in [1.54, 1.807) is 19.1 Å². The minimum Gasteiger partial charge on any atom is -0.481 e. The molecular formula is C11H10N2O3S2. The molecule has 0 fully saturated rings. The molecule has 2 heterocycles. The van der Waals surface area contributed by atoms with Crippen molar-refractivity contribution in [3.8, 4) is 0 Å². The molecule has 0 saturated carbocycles. The van der Waals surface area contributed by atoms with Gasteiger partial charge < -0.3 is 5.11 Å². The lowest BCUT2D eigenvalue weighted by atomic mass is 10.3. The lowest BCUT2D eigenvalue weighted by molar-refractivity contribution is -0.136. The second kappa shape index (κ2) is 5.28. The van der Waals surface area contributed by atoms with Crippen LogP contribution < -0.4 is 5.32 Å². The van der Waals surface area contributed by atoms with Gasteiger partial charge in [0.1, 0.15) is 0 Å². The SMILES string of the molecule is Cc1nc(NC(=O)c2cccs2)sc1CC(=O)O. The first-order valence-electron chi connectivity index (χ1n) is 5.09. The van der Waals surface area contributed by atoms with E-state index in [9.17, 15) is 9.59 Å². The molecule has 0 bridgehead atoms. The maximum atomic E-state index is 11.8. The molecule has 1 amide bonds. The fourth-order valence-corrected chi connectivity index (χ4v) is 2.92. The van der Waals surface area contributed by atoms with Gasteiger partial charge in [0.15, 0.2) is 5.13 Å². The van der Waals surface area contributed by atoms with Gasteiger partial charge in [-0.2, -0.15) is 0 Å². The van der Waals surface area contributed by atoms with Gasteiger partial charge >= 0.3 is 5.97 Å². The Labute approximate surface area is 111 Å². The molecule has 2 aromatic heterocycles. The number of carboxylic acids is 1. The summed E-state index contributed by atoms with van der Waals surface area (Å²) >= 11 is 2.54. The summed E-state index contributed by atoms with van der Waals surface area (Å²) < 4.78 is 0. The Morgan fingerprint density at radius 2 is 2.28 bits per heavy atom. The van der Waals surface area contributed by atoms with Crippen LogP contribution in [0.4, 0.5) is 5.13 Å². The van der Waals surface area contributed by atoms with E-state index in [1.165, 1.54) is 22.7 Å². The lowest BCUT2D eigenvalue weighted by Crippen LogP contribution is -2.09. The summed E-state index contributed by atoms with van der Waals surface area (Å²) in [5, 5.41) is 13.6. The highest BCUT2D eigenvalue weighted by atomic mass is 32.1. The fraction of sp³-hybridized carbons (Fsp3) is 0.182. The Hall–Kier alpha value is -1.73. The van der Waals surface area contributed by atoms with Crippen LogP contribution in [0.25, 0.3) is 0 Å². The van der Waals surface area contributed by atoms with Crippen LogP contribution in [0.5, 0.6) is 0 Å². The van der Waals surface area contributed by atoms with Crippen molar-refractivity contribution in [3.63, 3.8) is 0 Å². The molecule has 2 N–H and O–H groups in total. The van der Waals surface area contributed by atoms with Gasteiger partial charge in [0.05, 0.1) is 17.0 Å². The fourth-order valence-electron chi connectivity index (χ4n) is 1.35. The molecule has 0 aliphatic carbocycles. The number of nitrogens with zero attached hydrogens (tertiary/aromatic N) is 1. The first-order valence-corrected chi connectivity index (χ1v) is 6.79. The molecule has 7 heteroatoms. The number of carbonyl (C=O) groups excluding carboxylic acids is 1. The van der Waals surface area contributed by atoms with Crippen molar-refractivity contribution in [1.29, 1.82) is 0 Å². The molecule has 0 spiro atoms. The van der Waals surface area contributed by atoms with E-state index in [0.717, 1.165) is 0 Å². The zero-order valence-electron chi connectivity index (χ0n) is 9.47. The molecule has 2 aromatic rings. The first-order chi connectivity index (χ1) is 8.56. The Bertz CT molecular complexity index is 575. The Kier molecular flexibility index (Phi) is 3.73. The average molecular weight is 282 g/mol. The zero-order valence-corrected chi connectivity index (χ0v) is 11.1. The van der Waals surface area contributed by atoms with Gasteiger partial charge in [-0.3, -0.25) is 14.9 Å². The molecule has 94 valence electrons. The van der Waals surface area contributed by atoms with Crippen molar-refractivity contribution in [3.05, 3.63) is 33.0 Å². The van der Waals surface area contributed by atoms with Crippen LogP contribution in [0.2, 0.25) is 0 Å². The number of aliphatic carboxylic acids is 1. The van der Waals surface area contributed by atoms with Gasteiger partial charge in [0.25, 0.3) is 5.91 Å². The Morgan fingerprint density at radius 1 is 1.50 bits per heavy atom. The maximum Gasteiger partial charge on any atom is 0.308 e. The summed E-state index contributed by atoms with van der Waals surface area (Å²) in [6.45, 7) is 1.73. The van der Waals surface area contributed by atoms with Crippen molar-refractivity contribution < 1.29 is 14.7 Å². The minimum atomic E-state index is -0.905. The normalized spacial score (nSPS) is 10.3. The van der Waals surface area contributed by atoms with Gasteiger partial charge in [0.2, 0.25) is 0 Å². The van der Waals surface area contributed by atoms with E-state index in [-0.39, 0.29) is 12.3 Å². The second-order valence-corrected chi connectivity index (χ2v) is 5.56. The Balaban J connectivity index is 2.11. The number of amides is 1. The number of thiazole rings is 1. The summed E-state index contributed by atoms with van der Waals surface area (Å²) in [5.74, 6) is -1.13. The largest absolute Gasteiger partial charge is 0.481 e. The molecule has 0 aliphatic rings. The summed E-state index contributed by atoms with van der Waals surface area (Å²) in [5.41, 5.74) is 0.642. The van der Waals surface area contributed by atoms with Crippen LogP contribution in [-0.2, 0) is 11.2 Å². The number of aromatic nitrogens is 1. The van der Waals surface area contributed by atoms with E-state index in [1.807, 2.05) is 5.38 Å². The highest BCUT2D eigenvalue weighted by Gasteiger charge is 2.14. The topological polar surface area (TPSA) is 79.3 Å². The van der Waals surface area contributed by atoms with Crippen molar-refractivity contribution in [2.45, 2.75) is 13.3 Å². The summed E-state index contributed by atoms with van der Waals surface area (Å²) in [4.78, 5) is 27.8. The van der Waals surface area contributed by atoms with Gasteiger partial charge in [-0.15, -0.1) is 22.7 Å². The van der Waals surface area contributed by atoms with Crippen LogP contribution in [0.1, 0.15) is 20.2 Å². The minimum absolute atomic E-state index is 0.0711. The van der Waals surface area contributed by atoms with Gasteiger partial charge in [-0.25, -0.2) is 4.98 Å². The second-order valence-electron chi connectivity index (χ2n) is 3.53. The van der Waals surface area contributed by atoms with Gasteiger partial charge in [0, 0.05) is 4.88 Å². The predicted octanol–water partition coefficient (Wildman–Crippen LogP) is 2.39. The maximum absolute atomic E-state index is 11.8. The van der Waals surface area contributed by atoms with Crippen LogP contribution in [0.15, 0.2) is 17.5 Å². The number of hydrogen-bond donors (Lipinski definition) is 2. The molecule has 0 aromatic carbocycles. The number of carboxylic acid groups (broad SMARTS) is 1. The molecule has 0 aliphatic heterocycles. The van der Waals surface area contributed by atoms with Crippen molar-refractivity contribution in [1.82, 2.24) is 4.98 Å². The third-order valence-corrected chi connectivity index (χ3v) is 4.11. The first kappa shape index (κ1) is 12.7. The third-order valence-electron chi connectivity index (χ3n) is 2.17. The molecular weight excluding hydrogens is 272 g/mol. The molecule has 0 atom stereocenters. The zero-order chi connectivity index (χ0) is 13.1. The Morgan fingerprint density at radius 3 is 2.89 bits per heavy atom. The summed E-state index contributed by atoms with van der Waals surface area (Å²) in [6.07, 6.45) is -0.0711. The number of hydrogen-bond acceptors (Lipinski definition) is 5. The third kappa shape index (κ3) is 2.93. The average Bonchev–Trinajstić information content (AvgIpc) is 2.89. The summed E-state index contributed by atoms with van der Waals surface area (Å²) in [6, 6.07) is 3.52. The van der Waals surface area contributed by atoms with Crippen molar-refractivity contribution in [2.24, 2.45) is 0 Å². The number of rotatable bonds is 4. The number of carbonyl (C=O) groups is 2. The summed E-state index contributed by atoms with van der Waals surface area (Å²) in [7, 11) is 0. The van der Waals surface area contributed by atoms with E-state index in [2.05, 4.69) is 10.3 Å². The molecule has 0 saturated heterocycles. The monoisotopic (exact) mass is 282 g/mol. The number of thiophene rings is 1. The highest BCUT2D eigenvalue weighted by Crippen LogP contribution is 2.24. The lowest BCUT2D eigenvalue weighted by Gasteiger charge is -1.97. The van der Waals surface area contributed by atoms with Gasteiger partial charge in [-0.05, 0) is 18.4 Å².